The maximum Gasteiger partial charge on any atom is 0.0225 e. The first kappa shape index (κ1) is 12.9. The Morgan fingerprint density at radius 2 is 1.00 bits per heavy atom. The van der Waals surface area contributed by atoms with Crippen LogP contribution in [0.25, 0.3) is 0 Å². The number of hydrogen-bond acceptors (Lipinski definition) is 2. The van der Waals surface area contributed by atoms with E-state index in [1.165, 1.54) is 17.7 Å². The Morgan fingerprint density at radius 1 is 0.688 bits per heavy atom. The van der Waals surface area contributed by atoms with Crippen molar-refractivity contribution in [3.63, 3.8) is 0 Å². The number of hydrogen-bond donors (Lipinski definition) is 2. The first-order chi connectivity index (χ1) is 7.88. The molecule has 0 saturated carbocycles. The monoisotopic (exact) mass is 232 g/mol. The molecule has 16 heavy (non-hydrogen) atoms. The van der Waals surface area contributed by atoms with E-state index in [-0.39, 0.29) is 0 Å². The van der Waals surface area contributed by atoms with Gasteiger partial charge < -0.3 is 11.2 Å². The molecule has 0 aliphatic rings. The third-order valence-electron chi connectivity index (χ3n) is 2.07. The van der Waals surface area contributed by atoms with Gasteiger partial charge in [-0.15, -0.1) is 0 Å². The number of rotatable bonds is 2. The van der Waals surface area contributed by atoms with E-state index in [9.17, 15) is 0 Å². The predicted octanol–water partition coefficient (Wildman–Crippen LogP) is 1.57. The molecule has 0 atom stereocenters. The summed E-state index contributed by atoms with van der Waals surface area (Å²) in [6.45, 7) is 0. The van der Waals surface area contributed by atoms with Gasteiger partial charge in [-0.3, -0.25) is 0 Å². The molecule has 2 aromatic carbocycles. The highest BCUT2D eigenvalue weighted by atomic mass is 31.1. The van der Waals surface area contributed by atoms with Crippen LogP contribution in [0.1, 0.15) is 0 Å². The van der Waals surface area contributed by atoms with Crippen molar-refractivity contribution in [3.8, 4) is 0 Å². The summed E-state index contributed by atoms with van der Waals surface area (Å²) in [5.74, 6) is 0. The fourth-order valence-corrected chi connectivity index (χ4v) is 2.61. The standard InChI is InChI=1S/C12H12NP.CH5N/c13-14(11-7-3-1-4-8-11)12-9-5-2-6-10-12;1-2/h1-10H,13H2;2H2,1H3. The smallest absolute Gasteiger partial charge is 0.0225 e. The van der Waals surface area contributed by atoms with Crippen molar-refractivity contribution in [2.75, 3.05) is 7.05 Å². The van der Waals surface area contributed by atoms with E-state index < -0.39 is 8.07 Å². The van der Waals surface area contributed by atoms with E-state index in [0.717, 1.165) is 0 Å². The molecule has 4 N–H and O–H groups in total. The van der Waals surface area contributed by atoms with Gasteiger partial charge in [0.15, 0.2) is 0 Å². The molecule has 0 amide bonds. The van der Waals surface area contributed by atoms with Gasteiger partial charge in [0.25, 0.3) is 0 Å². The summed E-state index contributed by atoms with van der Waals surface area (Å²) in [5.41, 5.74) is 10.7. The van der Waals surface area contributed by atoms with E-state index in [0.29, 0.717) is 0 Å². The summed E-state index contributed by atoms with van der Waals surface area (Å²) < 4.78 is 0. The van der Waals surface area contributed by atoms with Gasteiger partial charge >= 0.3 is 0 Å². The van der Waals surface area contributed by atoms with Crippen LogP contribution >= 0.6 is 8.07 Å². The third kappa shape index (κ3) is 3.42. The topological polar surface area (TPSA) is 52.0 Å². The molecule has 0 aliphatic heterocycles. The molecule has 0 spiro atoms. The van der Waals surface area contributed by atoms with Gasteiger partial charge in [-0.25, -0.2) is 0 Å². The molecule has 0 heterocycles. The van der Waals surface area contributed by atoms with E-state index in [4.69, 9.17) is 5.50 Å². The summed E-state index contributed by atoms with van der Waals surface area (Å²) in [4.78, 5) is 0. The van der Waals surface area contributed by atoms with Crippen molar-refractivity contribution >= 4 is 18.7 Å². The lowest BCUT2D eigenvalue weighted by Crippen LogP contribution is -2.16. The van der Waals surface area contributed by atoms with Crippen molar-refractivity contribution in [1.82, 2.24) is 0 Å². The Kier molecular flexibility index (Phi) is 5.73. The van der Waals surface area contributed by atoms with Crippen LogP contribution in [-0.4, -0.2) is 7.05 Å². The maximum atomic E-state index is 6.18. The third-order valence-corrected chi connectivity index (χ3v) is 3.78. The Balaban J connectivity index is 0.000000606. The highest BCUT2D eigenvalue weighted by molar-refractivity contribution is 7.70. The molecule has 0 aromatic heterocycles. The van der Waals surface area contributed by atoms with Crippen LogP contribution < -0.4 is 21.8 Å². The van der Waals surface area contributed by atoms with Gasteiger partial charge in [0.05, 0.1) is 0 Å². The normalized spacial score (nSPS) is 9.50. The van der Waals surface area contributed by atoms with Crippen LogP contribution in [0.4, 0.5) is 0 Å². The molecule has 2 rings (SSSR count). The molecule has 2 aromatic rings. The van der Waals surface area contributed by atoms with Gasteiger partial charge in [-0.1, -0.05) is 60.7 Å². The zero-order valence-electron chi connectivity index (χ0n) is 9.38. The van der Waals surface area contributed by atoms with Crippen molar-refractivity contribution in [2.24, 2.45) is 11.2 Å². The molecule has 0 saturated heterocycles. The fourth-order valence-electron chi connectivity index (χ4n) is 1.33. The van der Waals surface area contributed by atoms with Crippen LogP contribution in [-0.2, 0) is 0 Å². The van der Waals surface area contributed by atoms with E-state index in [2.05, 4.69) is 30.0 Å². The minimum Gasteiger partial charge on any atom is -0.333 e. The van der Waals surface area contributed by atoms with Gasteiger partial charge in [0, 0.05) is 8.07 Å². The zero-order chi connectivity index (χ0) is 11.8. The molecule has 0 unspecified atom stereocenters. The molecule has 0 aliphatic carbocycles. The molecule has 0 bridgehead atoms. The average molecular weight is 232 g/mol. The second kappa shape index (κ2) is 7.13. The first-order valence-corrected chi connectivity index (χ1v) is 6.51. The second-order valence-electron chi connectivity index (χ2n) is 3.04. The summed E-state index contributed by atoms with van der Waals surface area (Å²) in [5, 5.41) is 2.43. The first-order valence-electron chi connectivity index (χ1n) is 5.10. The summed E-state index contributed by atoms with van der Waals surface area (Å²) >= 11 is 0. The molecular formula is C13H17N2P. The van der Waals surface area contributed by atoms with Gasteiger partial charge in [-0.05, 0) is 17.7 Å². The van der Waals surface area contributed by atoms with Crippen molar-refractivity contribution in [2.45, 2.75) is 0 Å². The zero-order valence-corrected chi connectivity index (χ0v) is 10.3. The largest absolute Gasteiger partial charge is 0.333 e. The molecule has 84 valence electrons. The van der Waals surface area contributed by atoms with E-state index in [1.807, 2.05) is 36.4 Å². The lowest BCUT2D eigenvalue weighted by atomic mass is 10.4. The number of benzene rings is 2. The van der Waals surface area contributed by atoms with E-state index in [1.54, 1.807) is 0 Å². The lowest BCUT2D eigenvalue weighted by molar-refractivity contribution is 1.48. The predicted molar refractivity (Wildman–Crippen MR) is 73.4 cm³/mol. The Hall–Kier alpha value is -1.21. The molecule has 0 fully saturated rings. The van der Waals surface area contributed by atoms with Crippen LogP contribution in [0.15, 0.2) is 60.7 Å². The highest BCUT2D eigenvalue weighted by Gasteiger charge is 2.06. The van der Waals surface area contributed by atoms with Crippen molar-refractivity contribution < 1.29 is 0 Å². The molecule has 2 nitrogen and oxygen atoms in total. The fraction of sp³-hybridized carbons (Fsp3) is 0.0769. The lowest BCUT2D eigenvalue weighted by Gasteiger charge is -2.11. The average Bonchev–Trinajstić information content (AvgIpc) is 2.42. The van der Waals surface area contributed by atoms with Crippen molar-refractivity contribution in [1.29, 1.82) is 0 Å². The van der Waals surface area contributed by atoms with Crippen LogP contribution in [0.2, 0.25) is 0 Å². The minimum absolute atomic E-state index is 0.671. The van der Waals surface area contributed by atoms with Gasteiger partial charge in [0.1, 0.15) is 0 Å². The van der Waals surface area contributed by atoms with Gasteiger partial charge in [-0.2, -0.15) is 0 Å². The quantitative estimate of drug-likeness (QED) is 0.772. The Labute approximate surface area is 98.1 Å². The van der Waals surface area contributed by atoms with Crippen LogP contribution in [0.3, 0.4) is 0 Å². The SMILES string of the molecule is CN.NP(c1ccccc1)c1ccccc1. The molecular weight excluding hydrogens is 215 g/mol. The number of nitrogens with two attached hydrogens (primary N) is 2. The second-order valence-corrected chi connectivity index (χ2v) is 4.81. The molecule has 3 heteroatoms. The summed E-state index contributed by atoms with van der Waals surface area (Å²) in [6.07, 6.45) is 0. The summed E-state index contributed by atoms with van der Waals surface area (Å²) in [6, 6.07) is 20.5. The van der Waals surface area contributed by atoms with Crippen molar-refractivity contribution in [3.05, 3.63) is 60.7 Å². The van der Waals surface area contributed by atoms with Crippen LogP contribution in [0.5, 0.6) is 0 Å². The maximum absolute atomic E-state index is 6.18. The highest BCUT2D eigenvalue weighted by Crippen LogP contribution is 2.22. The van der Waals surface area contributed by atoms with Gasteiger partial charge in [0.2, 0.25) is 0 Å². The molecule has 0 radical (unpaired) electrons. The summed E-state index contributed by atoms with van der Waals surface area (Å²) in [7, 11) is 0.829. The van der Waals surface area contributed by atoms with Crippen LogP contribution in [0, 0.1) is 0 Å². The van der Waals surface area contributed by atoms with E-state index >= 15 is 0 Å². The Morgan fingerprint density at radius 3 is 1.31 bits per heavy atom. The Bertz CT molecular complexity index is 350. The minimum atomic E-state index is -0.671.